The zero-order valence-electron chi connectivity index (χ0n) is 10.1. The molecular weight excluding hydrogens is 284 g/mol. The highest BCUT2D eigenvalue weighted by atomic mass is 35.5. The molecule has 19 heavy (non-hydrogen) atoms. The summed E-state index contributed by atoms with van der Waals surface area (Å²) in [5.41, 5.74) is 6.21. The normalized spacial score (nSPS) is 10.4. The second kappa shape index (κ2) is 6.54. The average molecular weight is 297 g/mol. The van der Waals surface area contributed by atoms with Gasteiger partial charge in [0.25, 0.3) is 0 Å². The van der Waals surface area contributed by atoms with Gasteiger partial charge in [0.2, 0.25) is 5.91 Å². The highest BCUT2D eigenvalue weighted by Gasteiger charge is 2.06. The molecule has 100 valence electrons. The van der Waals surface area contributed by atoms with E-state index in [0.29, 0.717) is 23.0 Å². The van der Waals surface area contributed by atoms with E-state index >= 15 is 0 Å². The van der Waals surface area contributed by atoms with Crippen LogP contribution in [0.3, 0.4) is 0 Å². The summed E-state index contributed by atoms with van der Waals surface area (Å²) in [7, 11) is 0. The van der Waals surface area contributed by atoms with Gasteiger partial charge < -0.3 is 15.5 Å². The molecule has 0 aliphatic carbocycles. The number of benzene rings is 1. The topological polar surface area (TPSA) is 68.3 Å². The van der Waals surface area contributed by atoms with Gasteiger partial charge in [-0.1, -0.05) is 11.6 Å². The molecule has 2 aromatic rings. The maximum absolute atomic E-state index is 11.6. The summed E-state index contributed by atoms with van der Waals surface area (Å²) in [6.45, 7) is 0.391. The molecule has 0 saturated carbocycles. The smallest absolute Gasteiger partial charge is 0.230 e. The second-order valence-electron chi connectivity index (χ2n) is 3.83. The van der Waals surface area contributed by atoms with Crippen LogP contribution in [0.5, 0.6) is 0 Å². The first-order chi connectivity index (χ1) is 9.15. The van der Waals surface area contributed by atoms with Gasteiger partial charge in [0.15, 0.2) is 0 Å². The number of hydrogen-bond donors (Lipinski definition) is 2. The van der Waals surface area contributed by atoms with E-state index in [1.807, 2.05) is 12.1 Å². The number of rotatable bonds is 5. The van der Waals surface area contributed by atoms with Crippen LogP contribution in [0.1, 0.15) is 5.76 Å². The molecule has 0 saturated heterocycles. The standard InChI is InChI=1S/C13H13ClN2O2S/c14-11-6-9(15)3-4-12(11)19-8-13(17)16-7-10-2-1-5-18-10/h1-6H,7-8,15H2,(H,16,17). The number of furan rings is 1. The van der Waals surface area contributed by atoms with E-state index in [2.05, 4.69) is 5.32 Å². The molecule has 1 heterocycles. The predicted molar refractivity (Wildman–Crippen MR) is 77.1 cm³/mol. The summed E-state index contributed by atoms with van der Waals surface area (Å²) < 4.78 is 5.12. The van der Waals surface area contributed by atoms with Gasteiger partial charge in [-0.25, -0.2) is 0 Å². The number of thioether (sulfide) groups is 1. The van der Waals surface area contributed by atoms with Crippen molar-refractivity contribution in [1.29, 1.82) is 0 Å². The molecular formula is C13H13ClN2O2S. The van der Waals surface area contributed by atoms with E-state index in [1.54, 1.807) is 24.5 Å². The summed E-state index contributed by atoms with van der Waals surface area (Å²) in [6, 6.07) is 8.83. The Morgan fingerprint density at radius 1 is 1.42 bits per heavy atom. The molecule has 1 aromatic heterocycles. The third kappa shape index (κ3) is 4.22. The number of halogens is 1. The molecule has 0 spiro atoms. The number of hydrogen-bond acceptors (Lipinski definition) is 4. The quantitative estimate of drug-likeness (QED) is 0.657. The van der Waals surface area contributed by atoms with E-state index in [4.69, 9.17) is 21.8 Å². The van der Waals surface area contributed by atoms with Crippen LogP contribution in [-0.4, -0.2) is 11.7 Å². The molecule has 4 nitrogen and oxygen atoms in total. The number of carbonyl (C=O) groups excluding carboxylic acids is 1. The summed E-state index contributed by atoms with van der Waals surface area (Å²) in [5, 5.41) is 3.32. The third-order valence-electron chi connectivity index (χ3n) is 2.35. The van der Waals surface area contributed by atoms with Crippen molar-refractivity contribution in [3.63, 3.8) is 0 Å². The van der Waals surface area contributed by atoms with E-state index < -0.39 is 0 Å². The molecule has 0 aliphatic heterocycles. The highest BCUT2D eigenvalue weighted by Crippen LogP contribution is 2.28. The Bertz CT molecular complexity index is 558. The molecule has 0 unspecified atom stereocenters. The molecule has 1 amide bonds. The Morgan fingerprint density at radius 2 is 2.26 bits per heavy atom. The average Bonchev–Trinajstić information content (AvgIpc) is 2.88. The van der Waals surface area contributed by atoms with Crippen LogP contribution in [0.25, 0.3) is 0 Å². The lowest BCUT2D eigenvalue weighted by Gasteiger charge is -2.05. The van der Waals surface area contributed by atoms with Crippen LogP contribution in [0, 0.1) is 0 Å². The minimum absolute atomic E-state index is 0.0747. The maximum Gasteiger partial charge on any atom is 0.230 e. The van der Waals surface area contributed by atoms with Crippen molar-refractivity contribution in [2.75, 3.05) is 11.5 Å². The number of amides is 1. The summed E-state index contributed by atoms with van der Waals surface area (Å²) in [5.74, 6) is 0.947. The van der Waals surface area contributed by atoms with Gasteiger partial charge in [-0.05, 0) is 30.3 Å². The van der Waals surface area contributed by atoms with Crippen molar-refractivity contribution in [2.45, 2.75) is 11.4 Å². The zero-order chi connectivity index (χ0) is 13.7. The molecule has 0 aliphatic rings. The fourth-order valence-electron chi connectivity index (χ4n) is 1.43. The van der Waals surface area contributed by atoms with Crippen molar-refractivity contribution in [3.8, 4) is 0 Å². The number of nitrogen functional groups attached to an aromatic ring is 1. The molecule has 2 rings (SSSR count). The van der Waals surface area contributed by atoms with Crippen molar-refractivity contribution in [3.05, 3.63) is 47.4 Å². The number of nitrogens with one attached hydrogen (secondary N) is 1. The Morgan fingerprint density at radius 3 is 2.95 bits per heavy atom. The van der Waals surface area contributed by atoms with E-state index in [0.717, 1.165) is 10.7 Å². The van der Waals surface area contributed by atoms with Crippen molar-refractivity contribution in [1.82, 2.24) is 5.32 Å². The lowest BCUT2D eigenvalue weighted by Crippen LogP contribution is -2.24. The zero-order valence-corrected chi connectivity index (χ0v) is 11.6. The monoisotopic (exact) mass is 296 g/mol. The maximum atomic E-state index is 11.6. The molecule has 0 fully saturated rings. The molecule has 3 N–H and O–H groups in total. The number of anilines is 1. The van der Waals surface area contributed by atoms with Gasteiger partial charge in [-0.2, -0.15) is 0 Å². The Labute approximate surface area is 120 Å². The van der Waals surface area contributed by atoms with E-state index in [-0.39, 0.29) is 5.91 Å². The van der Waals surface area contributed by atoms with Crippen molar-refractivity contribution in [2.24, 2.45) is 0 Å². The predicted octanol–water partition coefficient (Wildman–Crippen LogP) is 2.92. The minimum Gasteiger partial charge on any atom is -0.467 e. The lowest BCUT2D eigenvalue weighted by atomic mass is 10.3. The largest absolute Gasteiger partial charge is 0.467 e. The SMILES string of the molecule is Nc1ccc(SCC(=O)NCc2ccco2)c(Cl)c1. The first-order valence-electron chi connectivity index (χ1n) is 5.62. The molecule has 0 atom stereocenters. The van der Waals surface area contributed by atoms with Crippen LogP contribution in [0.4, 0.5) is 5.69 Å². The number of nitrogens with two attached hydrogens (primary N) is 1. The van der Waals surface area contributed by atoms with Gasteiger partial charge >= 0.3 is 0 Å². The Hall–Kier alpha value is -1.59. The van der Waals surface area contributed by atoms with Crippen LogP contribution >= 0.6 is 23.4 Å². The number of carbonyl (C=O) groups is 1. The van der Waals surface area contributed by atoms with Crippen molar-refractivity contribution < 1.29 is 9.21 Å². The van der Waals surface area contributed by atoms with Crippen LogP contribution in [0.15, 0.2) is 45.9 Å². The van der Waals surface area contributed by atoms with Crippen molar-refractivity contribution >= 4 is 35.0 Å². The molecule has 6 heteroatoms. The van der Waals surface area contributed by atoms with Crippen LogP contribution in [0.2, 0.25) is 5.02 Å². The first-order valence-corrected chi connectivity index (χ1v) is 6.98. The molecule has 0 bridgehead atoms. The fourth-order valence-corrected chi connectivity index (χ4v) is 2.53. The summed E-state index contributed by atoms with van der Waals surface area (Å²) in [4.78, 5) is 12.5. The third-order valence-corrected chi connectivity index (χ3v) is 3.85. The Kier molecular flexibility index (Phi) is 4.76. The van der Waals surface area contributed by atoms with Crippen LogP contribution in [-0.2, 0) is 11.3 Å². The molecule has 0 radical (unpaired) electrons. The first kappa shape index (κ1) is 13.8. The van der Waals surface area contributed by atoms with Crippen LogP contribution < -0.4 is 11.1 Å². The highest BCUT2D eigenvalue weighted by molar-refractivity contribution is 8.00. The summed E-state index contributed by atoms with van der Waals surface area (Å²) in [6.07, 6.45) is 1.57. The van der Waals surface area contributed by atoms with Gasteiger partial charge in [-0.15, -0.1) is 11.8 Å². The van der Waals surface area contributed by atoms with E-state index in [9.17, 15) is 4.79 Å². The van der Waals surface area contributed by atoms with Gasteiger partial charge in [0, 0.05) is 10.6 Å². The lowest BCUT2D eigenvalue weighted by molar-refractivity contribution is -0.118. The van der Waals surface area contributed by atoms with E-state index in [1.165, 1.54) is 11.8 Å². The van der Waals surface area contributed by atoms with Gasteiger partial charge in [0.05, 0.1) is 23.6 Å². The second-order valence-corrected chi connectivity index (χ2v) is 5.26. The summed E-state index contributed by atoms with van der Waals surface area (Å²) >= 11 is 7.39. The minimum atomic E-state index is -0.0747. The van der Waals surface area contributed by atoms with Gasteiger partial charge in [-0.3, -0.25) is 4.79 Å². The Balaban J connectivity index is 1.80. The van der Waals surface area contributed by atoms with Gasteiger partial charge in [0.1, 0.15) is 5.76 Å². The fraction of sp³-hybridized carbons (Fsp3) is 0.154. The molecule has 1 aromatic carbocycles.